The van der Waals surface area contributed by atoms with Crippen LogP contribution in [0.5, 0.6) is 28.7 Å². The lowest BCUT2D eigenvalue weighted by Gasteiger charge is -2.33. The van der Waals surface area contributed by atoms with E-state index in [0.29, 0.717) is 12.0 Å². The second-order valence-corrected chi connectivity index (χ2v) is 6.61. The van der Waals surface area contributed by atoms with Crippen molar-refractivity contribution in [3.63, 3.8) is 0 Å². The van der Waals surface area contributed by atoms with Gasteiger partial charge in [0.1, 0.15) is 28.9 Å². The molecule has 3 rings (SSSR count). The molecule has 0 bridgehead atoms. The van der Waals surface area contributed by atoms with Crippen molar-refractivity contribution in [2.24, 2.45) is 5.92 Å². The standard InChI is InChI=1S/C20H20O6/c1-10(2)3-5-13-19(25)18-16(24)8-12(21)9-17(18)26-20(13)11-4-6-14(22)15(23)7-11/h3-4,6-9,13,20-24H,5H2,1-2H3/t13-,20+/m0/s1. The fourth-order valence-electron chi connectivity index (χ4n) is 3.08. The maximum atomic E-state index is 13.0. The first-order valence-corrected chi connectivity index (χ1v) is 8.20. The molecule has 1 aliphatic heterocycles. The van der Waals surface area contributed by atoms with Crippen molar-refractivity contribution in [1.29, 1.82) is 0 Å². The Labute approximate surface area is 150 Å². The van der Waals surface area contributed by atoms with E-state index in [0.717, 1.165) is 11.6 Å². The van der Waals surface area contributed by atoms with Gasteiger partial charge in [0.2, 0.25) is 0 Å². The van der Waals surface area contributed by atoms with Crippen molar-refractivity contribution < 1.29 is 30.0 Å². The Kier molecular flexibility index (Phi) is 4.50. The van der Waals surface area contributed by atoms with Crippen LogP contribution in [0.15, 0.2) is 42.0 Å². The van der Waals surface area contributed by atoms with Crippen LogP contribution < -0.4 is 4.74 Å². The third kappa shape index (κ3) is 3.18. The number of Topliss-reactive ketones (excluding diaryl/α,β-unsaturated/α-hetero) is 1. The van der Waals surface area contributed by atoms with E-state index in [1.54, 1.807) is 6.07 Å². The molecular weight excluding hydrogens is 336 g/mol. The molecule has 2 aromatic carbocycles. The fourth-order valence-corrected chi connectivity index (χ4v) is 3.08. The number of fused-ring (bicyclic) bond motifs is 1. The van der Waals surface area contributed by atoms with Gasteiger partial charge in [0.05, 0.1) is 5.92 Å². The van der Waals surface area contributed by atoms with E-state index in [1.165, 1.54) is 18.2 Å². The van der Waals surface area contributed by atoms with E-state index in [1.807, 2.05) is 19.9 Å². The summed E-state index contributed by atoms with van der Waals surface area (Å²) in [5.41, 5.74) is 1.58. The molecule has 2 aromatic rings. The highest BCUT2D eigenvalue weighted by molar-refractivity contribution is 6.04. The van der Waals surface area contributed by atoms with Gasteiger partial charge in [-0.2, -0.15) is 0 Å². The average molecular weight is 356 g/mol. The number of benzene rings is 2. The van der Waals surface area contributed by atoms with E-state index < -0.39 is 12.0 Å². The van der Waals surface area contributed by atoms with Gasteiger partial charge < -0.3 is 25.2 Å². The van der Waals surface area contributed by atoms with Crippen LogP contribution in [0.4, 0.5) is 0 Å². The van der Waals surface area contributed by atoms with Crippen LogP contribution in [0.2, 0.25) is 0 Å². The van der Waals surface area contributed by atoms with Crippen LogP contribution >= 0.6 is 0 Å². The maximum absolute atomic E-state index is 13.0. The minimum Gasteiger partial charge on any atom is -0.508 e. The highest BCUT2D eigenvalue weighted by Gasteiger charge is 2.39. The molecule has 0 unspecified atom stereocenters. The summed E-state index contributed by atoms with van der Waals surface area (Å²) in [7, 11) is 0. The number of allylic oxidation sites excluding steroid dienone is 2. The Bertz CT molecular complexity index is 895. The zero-order valence-electron chi connectivity index (χ0n) is 14.4. The predicted octanol–water partition coefficient (Wildman–Crippen LogP) is 3.80. The molecule has 0 aliphatic carbocycles. The average Bonchev–Trinajstić information content (AvgIpc) is 2.55. The molecule has 136 valence electrons. The maximum Gasteiger partial charge on any atom is 0.177 e. The summed E-state index contributed by atoms with van der Waals surface area (Å²) in [6, 6.07) is 6.61. The highest BCUT2D eigenvalue weighted by Crippen LogP contribution is 2.46. The molecular formula is C20H20O6. The molecule has 0 aromatic heterocycles. The van der Waals surface area contributed by atoms with Crippen LogP contribution in [-0.4, -0.2) is 26.2 Å². The van der Waals surface area contributed by atoms with Crippen LogP contribution in [0, 0.1) is 5.92 Å². The van der Waals surface area contributed by atoms with E-state index in [2.05, 4.69) is 0 Å². The molecule has 0 radical (unpaired) electrons. The zero-order valence-corrected chi connectivity index (χ0v) is 14.4. The van der Waals surface area contributed by atoms with Gasteiger partial charge in [-0.15, -0.1) is 0 Å². The molecule has 1 aliphatic rings. The van der Waals surface area contributed by atoms with E-state index in [-0.39, 0.29) is 40.1 Å². The van der Waals surface area contributed by atoms with Crippen LogP contribution in [0.1, 0.15) is 42.3 Å². The first kappa shape index (κ1) is 17.7. The van der Waals surface area contributed by atoms with Crippen LogP contribution in [0.3, 0.4) is 0 Å². The van der Waals surface area contributed by atoms with Gasteiger partial charge >= 0.3 is 0 Å². The summed E-state index contributed by atoms with van der Waals surface area (Å²) >= 11 is 0. The highest BCUT2D eigenvalue weighted by atomic mass is 16.5. The van der Waals surface area contributed by atoms with Gasteiger partial charge in [0.15, 0.2) is 17.3 Å². The third-order valence-corrected chi connectivity index (χ3v) is 4.38. The topological polar surface area (TPSA) is 107 Å². The first-order valence-electron chi connectivity index (χ1n) is 8.20. The first-order chi connectivity index (χ1) is 12.3. The van der Waals surface area contributed by atoms with E-state index >= 15 is 0 Å². The number of carbonyl (C=O) groups is 1. The zero-order chi connectivity index (χ0) is 19.0. The van der Waals surface area contributed by atoms with Gasteiger partial charge in [-0.3, -0.25) is 4.79 Å². The molecule has 0 spiro atoms. The summed E-state index contributed by atoms with van der Waals surface area (Å²) in [5.74, 6) is -1.99. The largest absolute Gasteiger partial charge is 0.508 e. The molecule has 0 amide bonds. The number of hydrogen-bond acceptors (Lipinski definition) is 6. The smallest absolute Gasteiger partial charge is 0.177 e. The number of phenolic OH excluding ortho intramolecular Hbond substituents is 4. The molecule has 0 saturated carbocycles. The van der Waals surface area contributed by atoms with E-state index in [9.17, 15) is 25.2 Å². The molecule has 4 N–H and O–H groups in total. The Balaban J connectivity index is 2.11. The Morgan fingerprint density at radius 2 is 1.77 bits per heavy atom. The minimum atomic E-state index is -0.738. The van der Waals surface area contributed by atoms with Crippen molar-refractivity contribution in [3.8, 4) is 28.7 Å². The number of rotatable bonds is 3. The number of ketones is 1. The Morgan fingerprint density at radius 3 is 2.42 bits per heavy atom. The minimum absolute atomic E-state index is 0.0363. The van der Waals surface area contributed by atoms with Gasteiger partial charge in [0, 0.05) is 12.1 Å². The summed E-state index contributed by atoms with van der Waals surface area (Å²) in [5, 5.41) is 39.1. The number of hydrogen-bond donors (Lipinski definition) is 4. The monoisotopic (exact) mass is 356 g/mol. The second kappa shape index (κ2) is 6.63. The van der Waals surface area contributed by atoms with Crippen LogP contribution in [-0.2, 0) is 0 Å². The molecule has 1 heterocycles. The Morgan fingerprint density at radius 1 is 1.04 bits per heavy atom. The SMILES string of the molecule is CC(C)=CC[C@H]1C(=O)c2c(O)cc(O)cc2O[C@@H]1c1ccc(O)c(O)c1. The molecule has 6 heteroatoms. The number of aromatic hydroxyl groups is 4. The van der Waals surface area contributed by atoms with Crippen molar-refractivity contribution in [3.05, 3.63) is 53.1 Å². The van der Waals surface area contributed by atoms with Crippen molar-refractivity contribution in [2.45, 2.75) is 26.4 Å². The normalized spacial score (nSPS) is 18.8. The van der Waals surface area contributed by atoms with Crippen LogP contribution in [0.25, 0.3) is 0 Å². The predicted molar refractivity (Wildman–Crippen MR) is 94.8 cm³/mol. The molecule has 0 saturated heterocycles. The van der Waals surface area contributed by atoms with E-state index in [4.69, 9.17) is 4.74 Å². The summed E-state index contributed by atoms with van der Waals surface area (Å²) < 4.78 is 5.93. The fraction of sp³-hybridized carbons (Fsp3) is 0.250. The summed E-state index contributed by atoms with van der Waals surface area (Å²) in [6.07, 6.45) is 1.55. The third-order valence-electron chi connectivity index (χ3n) is 4.38. The lowest BCUT2D eigenvalue weighted by Crippen LogP contribution is -2.31. The second-order valence-electron chi connectivity index (χ2n) is 6.61. The summed E-state index contributed by atoms with van der Waals surface area (Å²) in [4.78, 5) is 13.0. The lowest BCUT2D eigenvalue weighted by molar-refractivity contribution is 0.0653. The molecule has 6 nitrogen and oxygen atoms in total. The summed E-state index contributed by atoms with van der Waals surface area (Å²) in [6.45, 7) is 3.83. The van der Waals surface area contributed by atoms with Gasteiger partial charge in [-0.1, -0.05) is 17.7 Å². The van der Waals surface area contributed by atoms with Gasteiger partial charge in [0.25, 0.3) is 0 Å². The van der Waals surface area contributed by atoms with Crippen molar-refractivity contribution in [2.75, 3.05) is 0 Å². The number of ether oxygens (including phenoxy) is 1. The van der Waals surface area contributed by atoms with Gasteiger partial charge in [-0.25, -0.2) is 0 Å². The Hall–Kier alpha value is -3.15. The molecule has 0 fully saturated rings. The lowest BCUT2D eigenvalue weighted by atomic mass is 9.82. The molecule has 26 heavy (non-hydrogen) atoms. The van der Waals surface area contributed by atoms with Crippen molar-refractivity contribution >= 4 is 5.78 Å². The van der Waals surface area contributed by atoms with Gasteiger partial charge in [-0.05, 0) is 38.0 Å². The quantitative estimate of drug-likeness (QED) is 0.492. The van der Waals surface area contributed by atoms with Crippen molar-refractivity contribution in [1.82, 2.24) is 0 Å². The molecule has 2 atom stereocenters. The number of phenols is 4. The number of carbonyl (C=O) groups excluding carboxylic acids is 1.